The van der Waals surface area contributed by atoms with Gasteiger partial charge in [0.1, 0.15) is 5.82 Å². The van der Waals surface area contributed by atoms with Crippen molar-refractivity contribution >= 4 is 0 Å². The van der Waals surface area contributed by atoms with Gasteiger partial charge in [-0.05, 0) is 17.7 Å². The van der Waals surface area contributed by atoms with Gasteiger partial charge >= 0.3 is 0 Å². The average molecular weight is 155 g/mol. The first-order chi connectivity index (χ1) is 5.33. The van der Waals surface area contributed by atoms with Crippen molar-refractivity contribution in [1.82, 2.24) is 0 Å². The van der Waals surface area contributed by atoms with Crippen LogP contribution in [0.1, 0.15) is 19.4 Å². The van der Waals surface area contributed by atoms with Crippen molar-refractivity contribution in [3.8, 4) is 0 Å². The molecule has 1 aromatic carbocycles. The Hall–Kier alpha value is -0.890. The molecule has 0 amide bonds. The van der Waals surface area contributed by atoms with Crippen LogP contribution < -0.4 is 5.73 Å². The van der Waals surface area contributed by atoms with Crippen molar-refractivity contribution in [3.05, 3.63) is 35.6 Å². The first kappa shape index (κ1) is 10.1. The van der Waals surface area contributed by atoms with Gasteiger partial charge in [-0.15, -0.1) is 0 Å². The molecule has 1 nitrogen and oxygen atoms in total. The van der Waals surface area contributed by atoms with E-state index in [1.54, 1.807) is 12.1 Å². The van der Waals surface area contributed by atoms with E-state index in [0.717, 1.165) is 5.56 Å². The molecule has 62 valence electrons. The van der Waals surface area contributed by atoms with E-state index >= 15 is 0 Å². The molecule has 0 heterocycles. The van der Waals surface area contributed by atoms with Crippen LogP contribution in [-0.4, -0.2) is 0 Å². The molecule has 2 N–H and O–H groups in total. The molecule has 0 atom stereocenters. The lowest BCUT2D eigenvalue weighted by atomic mass is 10.2. The van der Waals surface area contributed by atoms with Crippen LogP contribution >= 0.6 is 0 Å². The van der Waals surface area contributed by atoms with Crippen molar-refractivity contribution in [1.29, 1.82) is 0 Å². The fourth-order valence-corrected chi connectivity index (χ4v) is 0.620. The molecule has 0 unspecified atom stereocenters. The van der Waals surface area contributed by atoms with E-state index < -0.39 is 0 Å². The first-order valence-electron chi connectivity index (χ1n) is 3.77. The summed E-state index contributed by atoms with van der Waals surface area (Å²) in [6.45, 7) is 4.47. The van der Waals surface area contributed by atoms with E-state index in [1.807, 2.05) is 13.8 Å². The van der Waals surface area contributed by atoms with Crippen molar-refractivity contribution in [2.75, 3.05) is 0 Å². The highest BCUT2D eigenvalue weighted by Crippen LogP contribution is 2.00. The lowest BCUT2D eigenvalue weighted by molar-refractivity contribution is 0.627. The zero-order valence-corrected chi connectivity index (χ0v) is 6.97. The van der Waals surface area contributed by atoms with Crippen molar-refractivity contribution < 1.29 is 4.39 Å². The summed E-state index contributed by atoms with van der Waals surface area (Å²) in [5.74, 6) is -0.216. The highest BCUT2D eigenvalue weighted by Gasteiger charge is 1.87. The fourth-order valence-electron chi connectivity index (χ4n) is 0.620. The highest BCUT2D eigenvalue weighted by molar-refractivity contribution is 5.15. The van der Waals surface area contributed by atoms with Gasteiger partial charge in [-0.2, -0.15) is 0 Å². The molecule has 11 heavy (non-hydrogen) atoms. The summed E-state index contributed by atoms with van der Waals surface area (Å²) in [6, 6.07) is 6.16. The molecule has 0 spiro atoms. The normalized spacial score (nSPS) is 8.36. The molecular formula is C9H14FN. The van der Waals surface area contributed by atoms with Crippen molar-refractivity contribution in [2.45, 2.75) is 20.4 Å². The molecule has 1 aromatic rings. The molecule has 0 aliphatic heterocycles. The molecule has 0 aliphatic carbocycles. The fraction of sp³-hybridized carbons (Fsp3) is 0.333. The summed E-state index contributed by atoms with van der Waals surface area (Å²) < 4.78 is 12.2. The number of hydrogen-bond donors (Lipinski definition) is 1. The average Bonchev–Trinajstić information content (AvgIpc) is 2.10. The Kier molecular flexibility index (Phi) is 5.39. The second-order valence-electron chi connectivity index (χ2n) is 1.83. The summed E-state index contributed by atoms with van der Waals surface area (Å²) in [5, 5.41) is 0. The summed E-state index contributed by atoms with van der Waals surface area (Å²) >= 11 is 0. The molecule has 0 saturated carbocycles. The maximum atomic E-state index is 12.2. The third-order valence-electron chi connectivity index (χ3n) is 1.15. The summed E-state index contributed by atoms with van der Waals surface area (Å²) in [5.41, 5.74) is 6.23. The molecule has 0 aliphatic rings. The topological polar surface area (TPSA) is 26.0 Å². The molecule has 0 saturated heterocycles. The Morgan fingerprint density at radius 3 is 2.00 bits per heavy atom. The van der Waals surface area contributed by atoms with E-state index in [4.69, 9.17) is 5.73 Å². The predicted octanol–water partition coefficient (Wildman–Crippen LogP) is 2.31. The quantitative estimate of drug-likeness (QED) is 0.661. The van der Waals surface area contributed by atoms with E-state index in [2.05, 4.69) is 0 Å². The predicted molar refractivity (Wildman–Crippen MR) is 45.6 cm³/mol. The summed E-state index contributed by atoms with van der Waals surface area (Å²) in [6.07, 6.45) is 0. The molecule has 1 rings (SSSR count). The Morgan fingerprint density at radius 1 is 1.18 bits per heavy atom. The Labute approximate surface area is 67.0 Å². The monoisotopic (exact) mass is 155 g/mol. The van der Waals surface area contributed by atoms with E-state index in [-0.39, 0.29) is 5.82 Å². The molecular weight excluding hydrogens is 141 g/mol. The van der Waals surface area contributed by atoms with Gasteiger partial charge in [-0.25, -0.2) is 4.39 Å². The number of nitrogens with two attached hydrogens (primary N) is 1. The SMILES string of the molecule is CC.NCc1ccc(F)cc1. The van der Waals surface area contributed by atoms with E-state index in [9.17, 15) is 4.39 Å². The zero-order chi connectivity index (χ0) is 8.69. The van der Waals surface area contributed by atoms with Crippen molar-refractivity contribution in [3.63, 3.8) is 0 Å². The number of halogens is 1. The molecule has 0 radical (unpaired) electrons. The Balaban J connectivity index is 0.000000461. The summed E-state index contributed by atoms with van der Waals surface area (Å²) in [7, 11) is 0. The second kappa shape index (κ2) is 5.86. The van der Waals surface area contributed by atoms with Crippen LogP contribution in [0, 0.1) is 5.82 Å². The van der Waals surface area contributed by atoms with Crippen LogP contribution in [0.2, 0.25) is 0 Å². The lowest BCUT2D eigenvalue weighted by Gasteiger charge is -1.92. The standard InChI is InChI=1S/C7H8FN.C2H6/c8-7-3-1-6(5-9)2-4-7;1-2/h1-4H,5,9H2;1-2H3. The minimum absolute atomic E-state index is 0.216. The van der Waals surface area contributed by atoms with Gasteiger partial charge < -0.3 is 5.73 Å². The van der Waals surface area contributed by atoms with Gasteiger partial charge in [0.15, 0.2) is 0 Å². The maximum Gasteiger partial charge on any atom is 0.123 e. The van der Waals surface area contributed by atoms with Gasteiger partial charge in [0.25, 0.3) is 0 Å². The maximum absolute atomic E-state index is 12.2. The molecule has 0 fully saturated rings. The molecule has 0 aromatic heterocycles. The minimum atomic E-state index is -0.216. The van der Waals surface area contributed by atoms with Gasteiger partial charge in [-0.1, -0.05) is 26.0 Å². The van der Waals surface area contributed by atoms with Gasteiger partial charge in [0, 0.05) is 6.54 Å². The van der Waals surface area contributed by atoms with Crippen LogP contribution in [0.15, 0.2) is 24.3 Å². The van der Waals surface area contributed by atoms with E-state index in [1.165, 1.54) is 12.1 Å². The van der Waals surface area contributed by atoms with Crippen LogP contribution in [0.3, 0.4) is 0 Å². The minimum Gasteiger partial charge on any atom is -0.326 e. The largest absolute Gasteiger partial charge is 0.326 e. The number of rotatable bonds is 1. The van der Waals surface area contributed by atoms with Gasteiger partial charge in [0.05, 0.1) is 0 Å². The smallest absolute Gasteiger partial charge is 0.123 e. The van der Waals surface area contributed by atoms with E-state index in [0.29, 0.717) is 6.54 Å². The van der Waals surface area contributed by atoms with Gasteiger partial charge in [0.2, 0.25) is 0 Å². The third kappa shape index (κ3) is 3.73. The third-order valence-corrected chi connectivity index (χ3v) is 1.15. The first-order valence-corrected chi connectivity index (χ1v) is 3.77. The van der Waals surface area contributed by atoms with Crippen LogP contribution in [0.5, 0.6) is 0 Å². The number of hydrogen-bond acceptors (Lipinski definition) is 1. The van der Waals surface area contributed by atoms with Crippen LogP contribution in [0.4, 0.5) is 4.39 Å². The highest BCUT2D eigenvalue weighted by atomic mass is 19.1. The van der Waals surface area contributed by atoms with Gasteiger partial charge in [-0.3, -0.25) is 0 Å². The molecule has 0 bridgehead atoms. The van der Waals surface area contributed by atoms with Crippen LogP contribution in [-0.2, 0) is 6.54 Å². The lowest BCUT2D eigenvalue weighted by Crippen LogP contribution is -1.94. The number of benzene rings is 1. The van der Waals surface area contributed by atoms with Crippen LogP contribution in [0.25, 0.3) is 0 Å². The molecule has 2 heteroatoms. The Bertz CT molecular complexity index is 181. The second-order valence-corrected chi connectivity index (χ2v) is 1.83. The zero-order valence-electron chi connectivity index (χ0n) is 6.97. The Morgan fingerprint density at radius 2 is 1.64 bits per heavy atom. The van der Waals surface area contributed by atoms with Crippen molar-refractivity contribution in [2.24, 2.45) is 5.73 Å². The summed E-state index contributed by atoms with van der Waals surface area (Å²) in [4.78, 5) is 0.